The van der Waals surface area contributed by atoms with E-state index in [1.165, 1.54) is 24.1 Å². The fraction of sp³-hybridized carbons (Fsp3) is 0.385. The van der Waals surface area contributed by atoms with Crippen LogP contribution in [-0.2, 0) is 9.53 Å². The summed E-state index contributed by atoms with van der Waals surface area (Å²) in [5.41, 5.74) is 0.167. The number of halogens is 1. The van der Waals surface area contributed by atoms with Crippen molar-refractivity contribution in [1.82, 2.24) is 0 Å². The highest BCUT2D eigenvalue weighted by Crippen LogP contribution is 2.30. The first-order valence-corrected chi connectivity index (χ1v) is 5.79. The van der Waals surface area contributed by atoms with Gasteiger partial charge in [-0.2, -0.15) is 5.26 Å². The highest BCUT2D eigenvalue weighted by molar-refractivity contribution is 5.80. The fourth-order valence-electron chi connectivity index (χ4n) is 2.33. The third-order valence-electron chi connectivity index (χ3n) is 3.29. The lowest BCUT2D eigenvalue weighted by molar-refractivity contribution is -0.138. The van der Waals surface area contributed by atoms with Crippen molar-refractivity contribution >= 4 is 11.7 Å². The van der Waals surface area contributed by atoms with Gasteiger partial charge in [0.2, 0.25) is 0 Å². The Balaban J connectivity index is 2.43. The zero-order valence-corrected chi connectivity index (χ0v) is 10.3. The van der Waals surface area contributed by atoms with Gasteiger partial charge in [0.15, 0.2) is 0 Å². The van der Waals surface area contributed by atoms with Crippen molar-refractivity contribution in [1.29, 1.82) is 5.26 Å². The molecule has 1 fully saturated rings. The van der Waals surface area contributed by atoms with E-state index in [9.17, 15) is 14.3 Å². The zero-order chi connectivity index (χ0) is 14.0. The number of hydrogen-bond donors (Lipinski definition) is 1. The molecule has 0 radical (unpaired) electrons. The van der Waals surface area contributed by atoms with E-state index in [-0.39, 0.29) is 11.7 Å². The van der Waals surface area contributed by atoms with Crippen LogP contribution in [0.4, 0.5) is 10.1 Å². The van der Waals surface area contributed by atoms with Crippen molar-refractivity contribution in [3.8, 4) is 6.07 Å². The lowest BCUT2D eigenvalue weighted by Crippen LogP contribution is -2.36. The smallest absolute Gasteiger partial charge is 0.326 e. The molecule has 1 heterocycles. The molecule has 0 aliphatic carbocycles. The molecule has 1 aromatic rings. The molecule has 1 N–H and O–H groups in total. The molecule has 2 atom stereocenters. The molecule has 19 heavy (non-hydrogen) atoms. The maximum Gasteiger partial charge on any atom is 0.326 e. The Morgan fingerprint density at radius 3 is 2.95 bits per heavy atom. The van der Waals surface area contributed by atoms with Crippen LogP contribution >= 0.6 is 0 Å². The van der Waals surface area contributed by atoms with Crippen LogP contribution in [0.5, 0.6) is 0 Å². The molecule has 0 spiro atoms. The number of carboxylic acid groups (broad SMARTS) is 1. The van der Waals surface area contributed by atoms with Crippen LogP contribution in [0.3, 0.4) is 0 Å². The average Bonchev–Trinajstić information content (AvgIpc) is 2.82. The number of rotatable bonds is 3. The monoisotopic (exact) mass is 264 g/mol. The largest absolute Gasteiger partial charge is 0.480 e. The maximum absolute atomic E-state index is 13.6. The number of nitriles is 1. The molecular weight excluding hydrogens is 251 g/mol. The van der Waals surface area contributed by atoms with E-state index in [2.05, 4.69) is 0 Å². The van der Waals surface area contributed by atoms with Gasteiger partial charge in [-0.25, -0.2) is 9.18 Å². The first-order valence-electron chi connectivity index (χ1n) is 5.79. The Bertz CT molecular complexity index is 541. The molecule has 5 nitrogen and oxygen atoms in total. The summed E-state index contributed by atoms with van der Waals surface area (Å²) < 4.78 is 18.7. The number of benzene rings is 1. The number of carbonyl (C=O) groups is 1. The Morgan fingerprint density at radius 1 is 1.63 bits per heavy atom. The minimum atomic E-state index is -1.01. The number of nitrogens with zero attached hydrogens (tertiary/aromatic N) is 2. The number of carboxylic acids is 1. The van der Waals surface area contributed by atoms with Gasteiger partial charge < -0.3 is 14.7 Å². The molecule has 0 saturated carbocycles. The van der Waals surface area contributed by atoms with Crippen LogP contribution in [0.25, 0.3) is 0 Å². The van der Waals surface area contributed by atoms with E-state index in [0.29, 0.717) is 18.7 Å². The molecule has 0 amide bonds. The maximum atomic E-state index is 13.6. The number of anilines is 1. The van der Waals surface area contributed by atoms with Crippen LogP contribution in [0.15, 0.2) is 18.2 Å². The van der Waals surface area contributed by atoms with Crippen molar-refractivity contribution in [3.63, 3.8) is 0 Å². The molecule has 1 aliphatic heterocycles. The van der Waals surface area contributed by atoms with Gasteiger partial charge >= 0.3 is 5.97 Å². The summed E-state index contributed by atoms with van der Waals surface area (Å²) in [6.07, 6.45) is 0.0728. The quantitative estimate of drug-likeness (QED) is 0.892. The van der Waals surface area contributed by atoms with Gasteiger partial charge in [-0.1, -0.05) is 6.07 Å². The van der Waals surface area contributed by atoms with Crippen LogP contribution in [0.2, 0.25) is 0 Å². The van der Waals surface area contributed by atoms with E-state index < -0.39 is 17.8 Å². The van der Waals surface area contributed by atoms with Gasteiger partial charge in [0, 0.05) is 20.1 Å². The Labute approximate surface area is 109 Å². The summed E-state index contributed by atoms with van der Waals surface area (Å²) in [4.78, 5) is 12.8. The SMILES string of the molecule is COC1CC(C(=O)O)N(c2cccc(F)c2C#N)C1. The van der Waals surface area contributed by atoms with Gasteiger partial charge in [-0.3, -0.25) is 0 Å². The molecule has 100 valence electrons. The van der Waals surface area contributed by atoms with Gasteiger partial charge in [-0.05, 0) is 12.1 Å². The number of ether oxygens (including phenoxy) is 1. The van der Waals surface area contributed by atoms with Crippen molar-refractivity contribution < 1.29 is 19.0 Å². The van der Waals surface area contributed by atoms with Gasteiger partial charge in [0.25, 0.3) is 0 Å². The summed E-state index contributed by atoms with van der Waals surface area (Å²) in [5.74, 6) is -1.65. The van der Waals surface area contributed by atoms with E-state index in [4.69, 9.17) is 10.00 Å². The first kappa shape index (κ1) is 13.3. The lowest BCUT2D eigenvalue weighted by atomic mass is 10.1. The third kappa shape index (κ3) is 2.37. The molecule has 0 aromatic heterocycles. The summed E-state index contributed by atoms with van der Waals surface area (Å²) in [7, 11) is 1.50. The second-order valence-corrected chi connectivity index (χ2v) is 4.35. The standard InChI is InChI=1S/C13H13FN2O3/c1-19-8-5-12(13(17)18)16(7-8)11-4-2-3-10(14)9(11)6-15/h2-4,8,12H,5,7H2,1H3,(H,17,18). The molecule has 0 bridgehead atoms. The summed E-state index contributed by atoms with van der Waals surface area (Å²) >= 11 is 0. The van der Waals surface area contributed by atoms with Crippen LogP contribution in [0.1, 0.15) is 12.0 Å². The van der Waals surface area contributed by atoms with E-state index in [0.717, 1.165) is 0 Å². The Kier molecular flexibility index (Phi) is 3.67. The van der Waals surface area contributed by atoms with Crippen molar-refractivity contribution in [2.75, 3.05) is 18.6 Å². The molecular formula is C13H13FN2O3. The minimum Gasteiger partial charge on any atom is -0.480 e. The molecule has 1 aromatic carbocycles. The summed E-state index contributed by atoms with van der Waals surface area (Å²) in [5, 5.41) is 18.2. The van der Waals surface area contributed by atoms with Crippen molar-refractivity contribution in [3.05, 3.63) is 29.6 Å². The summed E-state index contributed by atoms with van der Waals surface area (Å²) in [6.45, 7) is 0.325. The van der Waals surface area contributed by atoms with E-state index in [1.54, 1.807) is 12.1 Å². The average molecular weight is 264 g/mol. The third-order valence-corrected chi connectivity index (χ3v) is 3.29. The Morgan fingerprint density at radius 2 is 2.37 bits per heavy atom. The lowest BCUT2D eigenvalue weighted by Gasteiger charge is -2.24. The number of hydrogen-bond acceptors (Lipinski definition) is 4. The molecule has 1 saturated heterocycles. The fourth-order valence-corrected chi connectivity index (χ4v) is 2.33. The highest BCUT2D eigenvalue weighted by Gasteiger charge is 2.38. The van der Waals surface area contributed by atoms with E-state index in [1.807, 2.05) is 0 Å². The van der Waals surface area contributed by atoms with Crippen LogP contribution < -0.4 is 4.90 Å². The molecule has 6 heteroatoms. The van der Waals surface area contributed by atoms with Gasteiger partial charge in [-0.15, -0.1) is 0 Å². The normalized spacial score (nSPS) is 22.3. The zero-order valence-electron chi connectivity index (χ0n) is 10.3. The highest BCUT2D eigenvalue weighted by atomic mass is 19.1. The van der Waals surface area contributed by atoms with Crippen molar-refractivity contribution in [2.24, 2.45) is 0 Å². The predicted molar refractivity (Wildman–Crippen MR) is 65.3 cm³/mol. The van der Waals surface area contributed by atoms with Crippen molar-refractivity contribution in [2.45, 2.75) is 18.6 Å². The Hall–Kier alpha value is -2.13. The second-order valence-electron chi connectivity index (χ2n) is 4.35. The number of methoxy groups -OCH3 is 1. The first-order chi connectivity index (χ1) is 9.08. The van der Waals surface area contributed by atoms with Gasteiger partial charge in [0.1, 0.15) is 23.5 Å². The molecule has 2 rings (SSSR count). The molecule has 2 unspecified atom stereocenters. The topological polar surface area (TPSA) is 73.6 Å². The summed E-state index contributed by atoms with van der Waals surface area (Å²) in [6, 6.07) is 5.17. The minimum absolute atomic E-state index is 0.134. The van der Waals surface area contributed by atoms with Crippen LogP contribution in [-0.4, -0.2) is 36.9 Å². The number of aliphatic carboxylic acids is 1. The van der Waals surface area contributed by atoms with Crippen LogP contribution in [0, 0.1) is 17.1 Å². The second kappa shape index (κ2) is 5.24. The van der Waals surface area contributed by atoms with E-state index >= 15 is 0 Å². The predicted octanol–water partition coefficient (Wildman–Crippen LogP) is 1.38. The molecule has 1 aliphatic rings. The van der Waals surface area contributed by atoms with Gasteiger partial charge in [0.05, 0.1) is 11.8 Å².